The summed E-state index contributed by atoms with van der Waals surface area (Å²) in [6, 6.07) is 0. The second-order valence-electron chi connectivity index (χ2n) is 0. The summed E-state index contributed by atoms with van der Waals surface area (Å²) in [6.45, 7) is 0. The van der Waals surface area contributed by atoms with Crippen LogP contribution in [0.25, 0.3) is 0 Å². The molecule has 0 spiro atoms. The molecule has 0 saturated heterocycles. The molecule has 0 amide bonds. The van der Waals surface area contributed by atoms with E-state index in [0.29, 0.717) is 0 Å². The Morgan fingerprint density at radius 3 is 0.571 bits per heavy atom. The van der Waals surface area contributed by atoms with Gasteiger partial charge in [-0.1, -0.05) is 0 Å². The quantitative estimate of drug-likeness (QED) is 0.413. The summed E-state index contributed by atoms with van der Waals surface area (Å²) in [6.07, 6.45) is 0. The SMILES string of the molecule is O.[Mg+2].[Mo].[O-2].[O-2].[O-2].[O-2]. The Labute approximate surface area is 71.4 Å². The molecule has 0 rings (SSSR count). The Balaban J connectivity index is 0. The summed E-state index contributed by atoms with van der Waals surface area (Å²) < 4.78 is 0. The second-order valence-corrected chi connectivity index (χ2v) is 0. The monoisotopic (exact) mass is 204 g/mol. The van der Waals surface area contributed by atoms with E-state index >= 15 is 0 Å². The molecule has 0 aromatic carbocycles. The van der Waals surface area contributed by atoms with E-state index in [9.17, 15) is 0 Å². The zero-order valence-corrected chi connectivity index (χ0v) is 6.67. The number of hydrogen-bond acceptors (Lipinski definition) is 0. The van der Waals surface area contributed by atoms with E-state index in [1.165, 1.54) is 0 Å². The van der Waals surface area contributed by atoms with Crippen LogP contribution in [0.2, 0.25) is 0 Å². The van der Waals surface area contributed by atoms with Crippen LogP contribution in [-0.4, -0.2) is 28.5 Å². The molecule has 0 heterocycles. The minimum atomic E-state index is 0. The van der Waals surface area contributed by atoms with E-state index < -0.39 is 0 Å². The first-order chi connectivity index (χ1) is 0. The molecule has 0 unspecified atom stereocenters. The molecule has 0 saturated carbocycles. The van der Waals surface area contributed by atoms with Gasteiger partial charge in [0.05, 0.1) is 0 Å². The van der Waals surface area contributed by atoms with Crippen molar-refractivity contribution in [3.05, 3.63) is 0 Å². The van der Waals surface area contributed by atoms with Crippen molar-refractivity contribution in [1.82, 2.24) is 0 Å². The minimum absolute atomic E-state index is 0. The molecule has 0 aromatic heterocycles. The topological polar surface area (TPSA) is 146 Å². The van der Waals surface area contributed by atoms with Crippen molar-refractivity contribution < 1.29 is 48.4 Å². The first-order valence-corrected chi connectivity index (χ1v) is 0. The molecule has 2 N–H and O–H groups in total. The Bertz CT molecular complexity index is 8.04. The maximum absolute atomic E-state index is 0. The van der Waals surface area contributed by atoms with Gasteiger partial charge in [0.2, 0.25) is 0 Å². The standard InChI is InChI=1S/Mg.Mo.H2O.4O/h;;1H2;;;;/q+2;;;4*-2. The molecule has 0 aliphatic heterocycles. The van der Waals surface area contributed by atoms with E-state index in [2.05, 4.69) is 0 Å². The molecule has 0 aliphatic carbocycles. The van der Waals surface area contributed by atoms with E-state index in [-0.39, 0.29) is 71.5 Å². The van der Waals surface area contributed by atoms with E-state index in [1.807, 2.05) is 0 Å². The fourth-order valence-corrected chi connectivity index (χ4v) is 0. The van der Waals surface area contributed by atoms with Gasteiger partial charge in [-0.05, 0) is 0 Å². The molecule has 7 heteroatoms. The van der Waals surface area contributed by atoms with Crippen molar-refractivity contribution in [3.63, 3.8) is 0 Å². The Kier molecular flexibility index (Phi) is 7110. The van der Waals surface area contributed by atoms with Gasteiger partial charge in [0.25, 0.3) is 0 Å². The summed E-state index contributed by atoms with van der Waals surface area (Å²) >= 11 is 0. The number of hydrogen-bond donors (Lipinski definition) is 0. The minimum Gasteiger partial charge on any atom is -2.00 e. The predicted octanol–water partition coefficient (Wildman–Crippen LogP) is -1.68. The van der Waals surface area contributed by atoms with Crippen LogP contribution in [0.5, 0.6) is 0 Å². The van der Waals surface area contributed by atoms with Crippen LogP contribution < -0.4 is 0 Å². The predicted molar refractivity (Wildman–Crippen MR) is 12.1 cm³/mol. The van der Waals surface area contributed by atoms with Crippen LogP contribution in [-0.2, 0) is 43.0 Å². The summed E-state index contributed by atoms with van der Waals surface area (Å²) in [7, 11) is 0. The van der Waals surface area contributed by atoms with E-state index in [1.54, 1.807) is 0 Å². The van der Waals surface area contributed by atoms with Gasteiger partial charge in [0.1, 0.15) is 0 Å². The van der Waals surface area contributed by atoms with Gasteiger partial charge in [-0.3, -0.25) is 0 Å². The van der Waals surface area contributed by atoms with Crippen LogP contribution in [0.15, 0.2) is 0 Å². The summed E-state index contributed by atoms with van der Waals surface area (Å²) in [5, 5.41) is 0. The molecule has 0 atom stereocenters. The van der Waals surface area contributed by atoms with Crippen molar-refractivity contribution in [3.8, 4) is 0 Å². The normalized spacial score (nSPS) is 0. The average Bonchev–Trinajstić information content (AvgIpc) is 0. The van der Waals surface area contributed by atoms with Gasteiger partial charge < -0.3 is 27.4 Å². The van der Waals surface area contributed by atoms with Crippen LogP contribution in [0, 0.1) is 0 Å². The van der Waals surface area contributed by atoms with Crippen molar-refractivity contribution in [2.45, 2.75) is 0 Å². The third-order valence-electron chi connectivity index (χ3n) is 0. The van der Waals surface area contributed by atoms with Gasteiger partial charge in [-0.2, -0.15) is 0 Å². The van der Waals surface area contributed by atoms with Crippen LogP contribution in [0.1, 0.15) is 0 Å². The van der Waals surface area contributed by atoms with E-state index in [4.69, 9.17) is 0 Å². The average molecular weight is 202 g/mol. The van der Waals surface area contributed by atoms with Gasteiger partial charge in [-0.25, -0.2) is 0 Å². The van der Waals surface area contributed by atoms with Gasteiger partial charge >= 0.3 is 23.1 Å². The molecular weight excluding hydrogens is 200 g/mol. The maximum Gasteiger partial charge on any atom is 2.00 e. The fraction of sp³-hybridized carbons (Fsp3) is 0. The second kappa shape index (κ2) is 180. The molecule has 7 heavy (non-hydrogen) atoms. The van der Waals surface area contributed by atoms with Crippen LogP contribution in [0.4, 0.5) is 0 Å². The smallest absolute Gasteiger partial charge is 2.00 e. The van der Waals surface area contributed by atoms with Crippen molar-refractivity contribution in [2.75, 3.05) is 0 Å². The fourth-order valence-electron chi connectivity index (χ4n) is 0. The van der Waals surface area contributed by atoms with Crippen molar-refractivity contribution in [1.29, 1.82) is 0 Å². The third kappa shape index (κ3) is 127. The molecule has 0 radical (unpaired) electrons. The molecule has 46 valence electrons. The molecular formula is H2MgMoO5-6. The molecule has 0 aromatic rings. The van der Waals surface area contributed by atoms with Crippen molar-refractivity contribution in [2.24, 2.45) is 0 Å². The summed E-state index contributed by atoms with van der Waals surface area (Å²) in [4.78, 5) is 0. The van der Waals surface area contributed by atoms with Gasteiger partial charge in [-0.15, -0.1) is 0 Å². The first-order valence-electron chi connectivity index (χ1n) is 0. The maximum atomic E-state index is 0. The Morgan fingerprint density at radius 2 is 0.571 bits per heavy atom. The molecule has 0 aliphatic rings. The first kappa shape index (κ1) is 276. The molecule has 0 fully saturated rings. The van der Waals surface area contributed by atoms with E-state index in [0.717, 1.165) is 0 Å². The largest absolute Gasteiger partial charge is 2.00 e. The number of rotatable bonds is 0. The molecule has 5 nitrogen and oxygen atoms in total. The van der Waals surface area contributed by atoms with Gasteiger partial charge in [0.15, 0.2) is 0 Å². The Morgan fingerprint density at radius 1 is 0.571 bits per heavy atom. The van der Waals surface area contributed by atoms with Crippen LogP contribution in [0.3, 0.4) is 0 Å². The molecule has 0 bridgehead atoms. The zero-order valence-electron chi connectivity index (χ0n) is 3.25. The zero-order chi connectivity index (χ0) is 0. The Hall–Kier alpha value is 1.25. The summed E-state index contributed by atoms with van der Waals surface area (Å²) in [5.41, 5.74) is 0. The van der Waals surface area contributed by atoms with Crippen LogP contribution >= 0.6 is 0 Å². The third-order valence-corrected chi connectivity index (χ3v) is 0. The summed E-state index contributed by atoms with van der Waals surface area (Å²) in [5.74, 6) is 0. The van der Waals surface area contributed by atoms with Crippen molar-refractivity contribution >= 4 is 23.1 Å². The van der Waals surface area contributed by atoms with Gasteiger partial charge in [0, 0.05) is 21.1 Å².